The molecule has 4 nitrogen and oxygen atoms in total. The highest BCUT2D eigenvalue weighted by Crippen LogP contribution is 2.21. The molecule has 2 aromatic carbocycles. The van der Waals surface area contributed by atoms with E-state index in [4.69, 9.17) is 4.74 Å². The molecule has 0 spiro atoms. The molecule has 1 aliphatic rings. The summed E-state index contributed by atoms with van der Waals surface area (Å²) in [5, 5.41) is 0. The predicted molar refractivity (Wildman–Crippen MR) is 114 cm³/mol. The van der Waals surface area contributed by atoms with E-state index in [2.05, 4.69) is 41.0 Å². The van der Waals surface area contributed by atoms with E-state index >= 15 is 0 Å². The molecule has 1 atom stereocenters. The first-order chi connectivity index (χ1) is 13.8. The minimum absolute atomic E-state index is 0.174. The maximum absolute atomic E-state index is 12.3. The number of hydrogen-bond acceptors (Lipinski definition) is 4. The predicted octanol–water partition coefficient (Wildman–Crippen LogP) is 4.04. The highest BCUT2D eigenvalue weighted by Gasteiger charge is 2.19. The first kappa shape index (κ1) is 20.7. The maximum Gasteiger partial charge on any atom is 0.164 e. The molecule has 0 saturated carbocycles. The highest BCUT2D eigenvalue weighted by atomic mass is 16.5. The van der Waals surface area contributed by atoms with Gasteiger partial charge in [0, 0.05) is 57.9 Å². The van der Waals surface area contributed by atoms with Crippen LogP contribution in [0.4, 0.5) is 0 Å². The van der Waals surface area contributed by atoms with Crippen molar-refractivity contribution in [3.63, 3.8) is 0 Å². The minimum atomic E-state index is 0.174. The van der Waals surface area contributed by atoms with Crippen molar-refractivity contribution in [3.8, 4) is 0 Å². The van der Waals surface area contributed by atoms with E-state index in [9.17, 15) is 4.79 Å². The van der Waals surface area contributed by atoms with E-state index < -0.39 is 0 Å². The lowest BCUT2D eigenvalue weighted by atomic mass is 10.1. The smallest absolute Gasteiger partial charge is 0.164 e. The van der Waals surface area contributed by atoms with Gasteiger partial charge in [0.2, 0.25) is 0 Å². The first-order valence-corrected chi connectivity index (χ1v) is 10.5. The second kappa shape index (κ2) is 11.1. The van der Waals surface area contributed by atoms with E-state index in [1.54, 1.807) is 0 Å². The van der Waals surface area contributed by atoms with Gasteiger partial charge in [-0.3, -0.25) is 4.79 Å². The topological polar surface area (TPSA) is 32.8 Å². The molecule has 0 N–H and O–H groups in total. The molecule has 0 aromatic heterocycles. The summed E-state index contributed by atoms with van der Waals surface area (Å²) in [4.78, 5) is 17.2. The number of nitrogens with zero attached hydrogens (tertiary/aromatic N) is 2. The van der Waals surface area contributed by atoms with Gasteiger partial charge < -0.3 is 14.5 Å². The summed E-state index contributed by atoms with van der Waals surface area (Å²) in [6.45, 7) is 8.90. The molecule has 0 amide bonds. The molecule has 0 radical (unpaired) electrons. The van der Waals surface area contributed by atoms with Gasteiger partial charge in [0.05, 0.1) is 6.10 Å². The number of ketones is 1. The largest absolute Gasteiger partial charge is 0.374 e. The van der Waals surface area contributed by atoms with Gasteiger partial charge in [-0.25, -0.2) is 0 Å². The van der Waals surface area contributed by atoms with E-state index in [1.165, 1.54) is 5.56 Å². The van der Waals surface area contributed by atoms with Crippen molar-refractivity contribution >= 4 is 5.78 Å². The summed E-state index contributed by atoms with van der Waals surface area (Å²) in [6.07, 6.45) is 1.79. The Morgan fingerprint density at radius 2 is 1.46 bits per heavy atom. The van der Waals surface area contributed by atoms with Crippen LogP contribution in [-0.2, 0) is 4.74 Å². The Bertz CT molecular complexity index is 697. The van der Waals surface area contributed by atoms with Crippen LogP contribution in [0, 0.1) is 0 Å². The third-order valence-corrected chi connectivity index (χ3v) is 5.46. The molecule has 3 rings (SSSR count). The summed E-state index contributed by atoms with van der Waals surface area (Å²) < 4.78 is 5.97. The highest BCUT2D eigenvalue weighted by molar-refractivity contribution is 5.96. The molecule has 1 fully saturated rings. The van der Waals surface area contributed by atoms with Crippen LogP contribution in [0.25, 0.3) is 0 Å². The lowest BCUT2D eigenvalue weighted by molar-refractivity contribution is 0.0409. The fraction of sp³-hybridized carbons (Fsp3) is 0.458. The monoisotopic (exact) mass is 380 g/mol. The van der Waals surface area contributed by atoms with Gasteiger partial charge in [-0.2, -0.15) is 0 Å². The molecule has 28 heavy (non-hydrogen) atoms. The average Bonchev–Trinajstić information content (AvgIpc) is 2.77. The standard InChI is InChI=1S/C24H32N2O2/c1-2-28-24(22-11-7-4-8-12-22)14-16-26-19-17-25(18-20-26)15-13-23(27)21-9-5-3-6-10-21/h3-12,24H,2,13-20H2,1H3. The van der Waals surface area contributed by atoms with Crippen LogP contribution < -0.4 is 0 Å². The molecule has 1 saturated heterocycles. The Balaban J connectivity index is 1.38. The number of benzene rings is 2. The van der Waals surface area contributed by atoms with Crippen LogP contribution in [-0.4, -0.2) is 61.5 Å². The number of rotatable bonds is 10. The Hall–Kier alpha value is -2.01. The van der Waals surface area contributed by atoms with Crippen molar-refractivity contribution in [2.24, 2.45) is 0 Å². The Labute approximate surface area is 169 Å². The number of hydrogen-bond donors (Lipinski definition) is 0. The van der Waals surface area contributed by atoms with E-state index in [0.717, 1.165) is 57.9 Å². The first-order valence-electron chi connectivity index (χ1n) is 10.5. The van der Waals surface area contributed by atoms with Crippen molar-refractivity contribution in [3.05, 3.63) is 71.8 Å². The Morgan fingerprint density at radius 3 is 2.07 bits per heavy atom. The molecule has 150 valence electrons. The number of piperazine rings is 1. The Morgan fingerprint density at radius 1 is 0.893 bits per heavy atom. The zero-order valence-electron chi connectivity index (χ0n) is 16.9. The molecule has 2 aromatic rings. The van der Waals surface area contributed by atoms with Gasteiger partial charge in [-0.05, 0) is 18.9 Å². The summed E-state index contributed by atoms with van der Waals surface area (Å²) in [5.74, 6) is 0.241. The molecule has 1 unspecified atom stereocenters. The lowest BCUT2D eigenvalue weighted by Gasteiger charge is -2.35. The second-order valence-corrected chi connectivity index (χ2v) is 7.37. The fourth-order valence-corrected chi connectivity index (χ4v) is 3.78. The zero-order chi connectivity index (χ0) is 19.6. The number of carbonyl (C=O) groups is 1. The van der Waals surface area contributed by atoms with Crippen LogP contribution >= 0.6 is 0 Å². The van der Waals surface area contributed by atoms with Gasteiger partial charge >= 0.3 is 0 Å². The van der Waals surface area contributed by atoms with Crippen molar-refractivity contribution < 1.29 is 9.53 Å². The third kappa shape index (κ3) is 6.26. The van der Waals surface area contributed by atoms with Crippen molar-refractivity contribution in [1.82, 2.24) is 9.80 Å². The van der Waals surface area contributed by atoms with Gasteiger partial charge in [0.25, 0.3) is 0 Å². The second-order valence-electron chi connectivity index (χ2n) is 7.37. The third-order valence-electron chi connectivity index (χ3n) is 5.46. The Kier molecular flexibility index (Phi) is 8.22. The maximum atomic E-state index is 12.3. The van der Waals surface area contributed by atoms with Gasteiger partial charge in [0.1, 0.15) is 0 Å². The summed E-state index contributed by atoms with van der Waals surface area (Å²) >= 11 is 0. The van der Waals surface area contributed by atoms with Crippen LogP contribution in [0.2, 0.25) is 0 Å². The van der Waals surface area contributed by atoms with E-state index in [0.29, 0.717) is 6.42 Å². The van der Waals surface area contributed by atoms with Crippen LogP contribution in [0.3, 0.4) is 0 Å². The van der Waals surface area contributed by atoms with Gasteiger partial charge in [-0.15, -0.1) is 0 Å². The summed E-state index contributed by atoms with van der Waals surface area (Å²) in [6, 6.07) is 20.1. The van der Waals surface area contributed by atoms with Crippen LogP contribution in [0.15, 0.2) is 60.7 Å². The van der Waals surface area contributed by atoms with Crippen molar-refractivity contribution in [1.29, 1.82) is 0 Å². The molecule has 0 bridgehead atoms. The van der Waals surface area contributed by atoms with Crippen molar-refractivity contribution in [2.45, 2.75) is 25.9 Å². The minimum Gasteiger partial charge on any atom is -0.374 e. The van der Waals surface area contributed by atoms with Gasteiger partial charge in [-0.1, -0.05) is 60.7 Å². The summed E-state index contributed by atoms with van der Waals surface area (Å²) in [5.41, 5.74) is 2.09. The van der Waals surface area contributed by atoms with Gasteiger partial charge in [0.15, 0.2) is 5.78 Å². The normalized spacial score (nSPS) is 16.8. The average molecular weight is 381 g/mol. The quantitative estimate of drug-likeness (QED) is 0.582. The van der Waals surface area contributed by atoms with Crippen LogP contribution in [0.1, 0.15) is 41.8 Å². The molecule has 4 heteroatoms. The SMILES string of the molecule is CCOC(CCN1CCN(CCC(=O)c2ccccc2)CC1)c1ccccc1. The van der Waals surface area contributed by atoms with E-state index in [1.807, 2.05) is 36.4 Å². The number of carbonyl (C=O) groups excluding carboxylic acids is 1. The molecule has 0 aliphatic carbocycles. The molecular weight excluding hydrogens is 348 g/mol. The summed E-state index contributed by atoms with van der Waals surface area (Å²) in [7, 11) is 0. The zero-order valence-corrected chi connectivity index (χ0v) is 16.9. The fourth-order valence-electron chi connectivity index (χ4n) is 3.78. The molecule has 1 aliphatic heterocycles. The number of Topliss-reactive ketones (excluding diaryl/α,β-unsaturated/α-hetero) is 1. The molecule has 1 heterocycles. The number of ether oxygens (including phenoxy) is 1. The lowest BCUT2D eigenvalue weighted by Crippen LogP contribution is -2.47. The van der Waals surface area contributed by atoms with E-state index in [-0.39, 0.29) is 11.9 Å². The molecular formula is C24H32N2O2. The van der Waals surface area contributed by atoms with Crippen LogP contribution in [0.5, 0.6) is 0 Å². The van der Waals surface area contributed by atoms with Crippen molar-refractivity contribution in [2.75, 3.05) is 45.9 Å².